The molecule has 88 valence electrons. The lowest BCUT2D eigenvalue weighted by Gasteiger charge is -2.02. The summed E-state index contributed by atoms with van der Waals surface area (Å²) >= 11 is 4.61. The van der Waals surface area contributed by atoms with E-state index < -0.39 is 5.97 Å². The Morgan fingerprint density at radius 1 is 1.59 bits per heavy atom. The topological polar surface area (TPSA) is 93.8 Å². The fourth-order valence-corrected chi connectivity index (χ4v) is 2.29. The van der Waals surface area contributed by atoms with Crippen LogP contribution in [-0.4, -0.2) is 36.3 Å². The van der Waals surface area contributed by atoms with Gasteiger partial charge in [-0.1, -0.05) is 0 Å². The summed E-state index contributed by atoms with van der Waals surface area (Å²) in [6.45, 7) is -0.266. The van der Waals surface area contributed by atoms with Crippen LogP contribution in [0.1, 0.15) is 0 Å². The third kappa shape index (κ3) is 3.01. The predicted molar refractivity (Wildman–Crippen MR) is 61.5 cm³/mol. The maximum atomic E-state index is 10.6. The van der Waals surface area contributed by atoms with Gasteiger partial charge in [0.15, 0.2) is 0 Å². The highest BCUT2D eigenvalue weighted by Gasteiger charge is 2.12. The van der Waals surface area contributed by atoms with Crippen LogP contribution in [0.15, 0.2) is 33.0 Å². The molecule has 2 aromatic heterocycles. The molecule has 0 saturated heterocycles. The molecule has 0 aromatic carbocycles. The summed E-state index contributed by atoms with van der Waals surface area (Å²) in [7, 11) is 0. The minimum absolute atomic E-state index is 0.266. The van der Waals surface area contributed by atoms with Crippen LogP contribution >= 0.6 is 27.7 Å². The van der Waals surface area contributed by atoms with Gasteiger partial charge in [0.05, 0.1) is 0 Å². The van der Waals surface area contributed by atoms with Crippen molar-refractivity contribution in [1.82, 2.24) is 25.2 Å². The lowest BCUT2D eigenvalue weighted by atomic mass is 10.5. The highest BCUT2D eigenvalue weighted by atomic mass is 79.9. The molecule has 17 heavy (non-hydrogen) atoms. The molecule has 0 fully saturated rings. The molecule has 2 rings (SSSR count). The van der Waals surface area contributed by atoms with Gasteiger partial charge in [0.1, 0.15) is 6.54 Å². The molecule has 0 aliphatic carbocycles. The Kier molecular flexibility index (Phi) is 3.69. The Bertz CT molecular complexity index is 546. The van der Waals surface area contributed by atoms with Crippen molar-refractivity contribution in [1.29, 1.82) is 0 Å². The number of pyridine rings is 1. The minimum Gasteiger partial charge on any atom is -0.480 e. The largest absolute Gasteiger partial charge is 0.480 e. The number of carboxylic acid groups (broad SMARTS) is 1. The molecule has 0 amide bonds. The molecule has 7 nitrogen and oxygen atoms in total. The lowest BCUT2D eigenvalue weighted by Crippen LogP contribution is -2.11. The van der Waals surface area contributed by atoms with Crippen LogP contribution in [0.25, 0.3) is 0 Å². The Morgan fingerprint density at radius 2 is 2.41 bits per heavy atom. The molecule has 0 spiro atoms. The Labute approximate surface area is 108 Å². The quantitative estimate of drug-likeness (QED) is 0.901. The standard InChI is InChI=1S/C8H6BrN5O2S/c9-5-3-10-2-1-6(5)17-8-11-12-13-14(8)4-7(15)16/h1-3H,4H2,(H,15,16). The summed E-state index contributed by atoms with van der Waals surface area (Å²) in [4.78, 5) is 15.4. The van der Waals surface area contributed by atoms with Gasteiger partial charge in [-0.25, -0.2) is 4.68 Å². The van der Waals surface area contributed by atoms with Gasteiger partial charge >= 0.3 is 5.97 Å². The number of hydrogen-bond donors (Lipinski definition) is 1. The third-order valence-corrected chi connectivity index (χ3v) is 3.67. The highest BCUT2D eigenvalue weighted by Crippen LogP contribution is 2.30. The first-order chi connectivity index (χ1) is 8.16. The second kappa shape index (κ2) is 5.23. The van der Waals surface area contributed by atoms with Crippen molar-refractivity contribution in [3.8, 4) is 0 Å². The van der Waals surface area contributed by atoms with E-state index in [0.29, 0.717) is 5.16 Å². The molecule has 0 saturated carbocycles. The molecule has 9 heteroatoms. The van der Waals surface area contributed by atoms with E-state index in [1.165, 1.54) is 16.4 Å². The molecule has 0 atom stereocenters. The van der Waals surface area contributed by atoms with Crippen LogP contribution in [0.3, 0.4) is 0 Å². The van der Waals surface area contributed by atoms with Gasteiger partial charge in [-0.3, -0.25) is 9.78 Å². The van der Waals surface area contributed by atoms with E-state index in [4.69, 9.17) is 5.11 Å². The average Bonchev–Trinajstić information content (AvgIpc) is 2.68. The van der Waals surface area contributed by atoms with Gasteiger partial charge in [0.25, 0.3) is 0 Å². The third-order valence-electron chi connectivity index (χ3n) is 1.72. The smallest absolute Gasteiger partial charge is 0.325 e. The van der Waals surface area contributed by atoms with E-state index in [9.17, 15) is 4.79 Å². The van der Waals surface area contributed by atoms with Gasteiger partial charge in [-0.2, -0.15) is 0 Å². The monoisotopic (exact) mass is 315 g/mol. The SMILES string of the molecule is O=C(O)Cn1nnnc1Sc1ccncc1Br. The van der Waals surface area contributed by atoms with Crippen LogP contribution in [0, 0.1) is 0 Å². The van der Waals surface area contributed by atoms with E-state index in [1.807, 2.05) is 0 Å². The minimum atomic E-state index is -0.993. The number of carboxylic acids is 1. The highest BCUT2D eigenvalue weighted by molar-refractivity contribution is 9.10. The zero-order valence-electron chi connectivity index (χ0n) is 8.32. The number of rotatable bonds is 4. The van der Waals surface area contributed by atoms with Crippen molar-refractivity contribution >= 4 is 33.7 Å². The second-order valence-electron chi connectivity index (χ2n) is 2.92. The normalized spacial score (nSPS) is 10.4. The predicted octanol–water partition coefficient (Wildman–Crippen LogP) is 1.07. The fourth-order valence-electron chi connectivity index (χ4n) is 1.04. The summed E-state index contributed by atoms with van der Waals surface area (Å²) in [6.07, 6.45) is 3.28. The number of tetrazole rings is 1. The second-order valence-corrected chi connectivity index (χ2v) is 4.78. The van der Waals surface area contributed by atoms with Crippen LogP contribution in [0.4, 0.5) is 0 Å². The number of hydrogen-bond acceptors (Lipinski definition) is 6. The number of aromatic nitrogens is 5. The summed E-state index contributed by atoms with van der Waals surface area (Å²) in [6, 6.07) is 1.79. The molecule has 2 aromatic rings. The number of nitrogens with zero attached hydrogens (tertiary/aromatic N) is 5. The van der Waals surface area contributed by atoms with Crippen molar-refractivity contribution in [3.05, 3.63) is 22.9 Å². The first-order valence-electron chi connectivity index (χ1n) is 4.42. The van der Waals surface area contributed by atoms with Gasteiger partial charge in [0.2, 0.25) is 5.16 Å². The van der Waals surface area contributed by atoms with E-state index >= 15 is 0 Å². The fraction of sp³-hybridized carbons (Fsp3) is 0.125. The first kappa shape index (κ1) is 12.0. The molecule has 0 unspecified atom stereocenters. The number of carbonyl (C=O) groups is 1. The van der Waals surface area contributed by atoms with E-state index in [2.05, 4.69) is 36.4 Å². The summed E-state index contributed by atoms with van der Waals surface area (Å²) in [5.74, 6) is -0.993. The number of aliphatic carboxylic acids is 1. The lowest BCUT2D eigenvalue weighted by molar-refractivity contribution is -0.138. The molecule has 0 bridgehead atoms. The molecule has 2 heterocycles. The van der Waals surface area contributed by atoms with E-state index in [0.717, 1.165) is 9.37 Å². The van der Waals surface area contributed by atoms with Crippen molar-refractivity contribution in [2.24, 2.45) is 0 Å². The van der Waals surface area contributed by atoms with Crippen molar-refractivity contribution in [2.45, 2.75) is 16.6 Å². The molecule has 0 aliphatic heterocycles. The van der Waals surface area contributed by atoms with Crippen molar-refractivity contribution in [2.75, 3.05) is 0 Å². The van der Waals surface area contributed by atoms with E-state index in [1.54, 1.807) is 18.5 Å². The van der Waals surface area contributed by atoms with Crippen molar-refractivity contribution < 1.29 is 9.90 Å². The Balaban J connectivity index is 2.22. The van der Waals surface area contributed by atoms with Crippen LogP contribution < -0.4 is 0 Å². The van der Waals surface area contributed by atoms with Crippen LogP contribution in [0.2, 0.25) is 0 Å². The zero-order valence-corrected chi connectivity index (χ0v) is 10.7. The van der Waals surface area contributed by atoms with E-state index in [-0.39, 0.29) is 6.54 Å². The molecular weight excluding hydrogens is 310 g/mol. The van der Waals surface area contributed by atoms with Crippen molar-refractivity contribution in [3.63, 3.8) is 0 Å². The Hall–Kier alpha value is -1.48. The number of halogens is 1. The van der Waals surface area contributed by atoms with Gasteiger partial charge in [-0.15, -0.1) is 5.10 Å². The average molecular weight is 316 g/mol. The van der Waals surface area contributed by atoms with Gasteiger partial charge in [-0.05, 0) is 44.2 Å². The zero-order chi connectivity index (χ0) is 12.3. The van der Waals surface area contributed by atoms with Crippen LogP contribution in [-0.2, 0) is 11.3 Å². The molecule has 1 N–H and O–H groups in total. The molecular formula is C8H6BrN5O2S. The molecule has 0 aliphatic rings. The summed E-state index contributed by atoms with van der Waals surface area (Å²) in [5.41, 5.74) is 0. The van der Waals surface area contributed by atoms with Gasteiger partial charge < -0.3 is 5.11 Å². The van der Waals surface area contributed by atoms with Gasteiger partial charge in [0, 0.05) is 21.8 Å². The maximum Gasteiger partial charge on any atom is 0.325 e. The first-order valence-corrected chi connectivity index (χ1v) is 6.03. The molecule has 0 radical (unpaired) electrons. The summed E-state index contributed by atoms with van der Waals surface area (Å²) < 4.78 is 2.02. The van der Waals surface area contributed by atoms with Crippen LogP contribution in [0.5, 0.6) is 0 Å². The maximum absolute atomic E-state index is 10.6. The summed E-state index contributed by atoms with van der Waals surface area (Å²) in [5, 5.41) is 19.9. The Morgan fingerprint density at radius 3 is 3.12 bits per heavy atom.